The van der Waals surface area contributed by atoms with Crippen LogP contribution in [0.4, 0.5) is 10.1 Å². The van der Waals surface area contributed by atoms with Gasteiger partial charge < -0.3 is 15.0 Å². The zero-order valence-corrected chi connectivity index (χ0v) is 22.9. The second kappa shape index (κ2) is 9.12. The number of rotatable bonds is 3. The Morgan fingerprint density at radius 1 is 1.12 bits per heavy atom. The van der Waals surface area contributed by atoms with Gasteiger partial charge in [0, 0.05) is 42.2 Å². The van der Waals surface area contributed by atoms with Crippen molar-refractivity contribution in [2.75, 3.05) is 31.1 Å². The molecule has 10 heteroatoms. The molecule has 7 rings (SSSR count). The number of pyridine rings is 3. The Morgan fingerprint density at radius 2 is 1.98 bits per heavy atom. The lowest BCUT2D eigenvalue weighted by molar-refractivity contribution is 0.244. The monoisotopic (exact) mass is 539 g/mol. The van der Waals surface area contributed by atoms with E-state index in [0.29, 0.717) is 41.1 Å². The molecule has 0 saturated carbocycles. The molecule has 1 saturated heterocycles. The van der Waals surface area contributed by atoms with E-state index in [1.165, 1.54) is 6.07 Å². The van der Waals surface area contributed by atoms with Crippen LogP contribution in [0.25, 0.3) is 38.9 Å². The van der Waals surface area contributed by atoms with Crippen LogP contribution >= 0.6 is 0 Å². The standard InChI is InChI=1S/C30H30FN7O2/c1-15(2)24-26(17(4)7-8-33-24)38-29-19(27-28(30(38)39)40-14-18-12-32-9-10-37(18)27)11-21(31)25(35-29)23-16(3)5-6-22-20(23)13-34-36-22/h5-8,11,13,15,18,32H,9-10,12,14H2,1-4H3,(H,34,36)/t18-/m1/s1. The number of fused-ring (bicyclic) bond motifs is 6. The third kappa shape index (κ3) is 3.55. The van der Waals surface area contributed by atoms with Crippen molar-refractivity contribution in [1.29, 1.82) is 0 Å². The average molecular weight is 540 g/mol. The lowest BCUT2D eigenvalue weighted by atomic mass is 9.99. The van der Waals surface area contributed by atoms with E-state index in [4.69, 9.17) is 9.72 Å². The van der Waals surface area contributed by atoms with E-state index < -0.39 is 5.82 Å². The fourth-order valence-electron chi connectivity index (χ4n) is 6.15. The van der Waals surface area contributed by atoms with Crippen LogP contribution in [-0.2, 0) is 0 Å². The number of benzene rings is 1. The molecule has 40 heavy (non-hydrogen) atoms. The quantitative estimate of drug-likeness (QED) is 0.351. The van der Waals surface area contributed by atoms with Crippen LogP contribution in [0.3, 0.4) is 0 Å². The van der Waals surface area contributed by atoms with Gasteiger partial charge in [0.15, 0.2) is 5.65 Å². The van der Waals surface area contributed by atoms with Gasteiger partial charge >= 0.3 is 5.56 Å². The molecule has 2 aliphatic rings. The number of nitrogens with one attached hydrogen (secondary N) is 2. The normalized spacial score (nSPS) is 16.9. The number of anilines is 1. The summed E-state index contributed by atoms with van der Waals surface area (Å²) in [5.41, 5.74) is 5.42. The summed E-state index contributed by atoms with van der Waals surface area (Å²) in [6, 6.07) is 7.27. The Bertz CT molecular complexity index is 1880. The molecule has 6 heterocycles. The first kappa shape index (κ1) is 24.7. The maximum absolute atomic E-state index is 16.3. The lowest BCUT2D eigenvalue weighted by Gasteiger charge is -2.42. The van der Waals surface area contributed by atoms with Crippen LogP contribution in [-0.4, -0.2) is 57.0 Å². The number of ether oxygens (including phenoxy) is 1. The Morgan fingerprint density at radius 3 is 2.80 bits per heavy atom. The van der Waals surface area contributed by atoms with E-state index >= 15 is 4.39 Å². The minimum Gasteiger partial charge on any atom is -0.484 e. The van der Waals surface area contributed by atoms with Gasteiger partial charge in [0.05, 0.1) is 34.8 Å². The van der Waals surface area contributed by atoms with E-state index in [9.17, 15) is 4.79 Å². The van der Waals surface area contributed by atoms with Gasteiger partial charge in [-0.3, -0.25) is 19.4 Å². The van der Waals surface area contributed by atoms with Crippen LogP contribution in [0.1, 0.15) is 36.6 Å². The zero-order chi connectivity index (χ0) is 27.7. The molecule has 204 valence electrons. The summed E-state index contributed by atoms with van der Waals surface area (Å²) in [6.45, 7) is 10.5. The molecular formula is C30H30FN7O2. The molecule has 0 bridgehead atoms. The number of aryl methyl sites for hydroxylation is 2. The molecule has 5 aromatic rings. The molecule has 2 N–H and O–H groups in total. The Kier molecular flexibility index (Phi) is 5.64. The van der Waals surface area contributed by atoms with Gasteiger partial charge in [-0.15, -0.1) is 0 Å². The molecule has 0 amide bonds. The largest absolute Gasteiger partial charge is 0.484 e. The fraction of sp³-hybridized carbons (Fsp3) is 0.333. The minimum absolute atomic E-state index is 0.0354. The fourth-order valence-corrected chi connectivity index (χ4v) is 6.15. The van der Waals surface area contributed by atoms with Crippen molar-refractivity contribution in [3.05, 3.63) is 69.7 Å². The first-order valence-corrected chi connectivity index (χ1v) is 13.6. The topological polar surface area (TPSA) is 101 Å². The van der Waals surface area contributed by atoms with Gasteiger partial charge in [0.25, 0.3) is 0 Å². The van der Waals surface area contributed by atoms with E-state index in [2.05, 4.69) is 25.4 Å². The SMILES string of the molecule is Cc1ccnc(C(C)C)c1-n1c(=O)c2c(c3cc(F)c(-c4c(C)ccc5[nH]ncc45)nc31)N1CCNC[C@@H]1CO2. The molecule has 0 unspecified atom stereocenters. The van der Waals surface area contributed by atoms with Gasteiger partial charge in [0.2, 0.25) is 5.75 Å². The maximum atomic E-state index is 16.3. The van der Waals surface area contributed by atoms with Gasteiger partial charge in [-0.25, -0.2) is 9.37 Å². The van der Waals surface area contributed by atoms with Crippen molar-refractivity contribution < 1.29 is 9.13 Å². The highest BCUT2D eigenvalue weighted by Gasteiger charge is 2.36. The number of hydrogen-bond acceptors (Lipinski definition) is 7. The number of piperazine rings is 1. The number of aromatic nitrogens is 5. The van der Waals surface area contributed by atoms with Gasteiger partial charge in [-0.05, 0) is 49.1 Å². The summed E-state index contributed by atoms with van der Waals surface area (Å²) < 4.78 is 24.0. The molecule has 1 atom stereocenters. The van der Waals surface area contributed by atoms with Crippen molar-refractivity contribution >= 4 is 27.6 Å². The summed E-state index contributed by atoms with van der Waals surface area (Å²) in [6.07, 6.45) is 3.44. The first-order chi connectivity index (χ1) is 19.3. The van der Waals surface area contributed by atoms with Crippen molar-refractivity contribution in [3.8, 4) is 22.7 Å². The smallest absolute Gasteiger partial charge is 0.301 e. The number of hydrogen-bond donors (Lipinski definition) is 2. The number of nitrogens with zero attached hydrogens (tertiary/aromatic N) is 5. The Balaban J connectivity index is 1.64. The van der Waals surface area contributed by atoms with Crippen molar-refractivity contribution in [1.82, 2.24) is 30.0 Å². The third-order valence-corrected chi connectivity index (χ3v) is 8.09. The maximum Gasteiger partial charge on any atom is 0.301 e. The number of H-pyrrole nitrogens is 1. The first-order valence-electron chi connectivity index (χ1n) is 13.6. The van der Waals surface area contributed by atoms with E-state index in [0.717, 1.165) is 40.8 Å². The van der Waals surface area contributed by atoms with Crippen molar-refractivity contribution in [2.24, 2.45) is 0 Å². The van der Waals surface area contributed by atoms with Crippen LogP contribution in [0, 0.1) is 19.7 Å². The molecular weight excluding hydrogens is 509 g/mol. The van der Waals surface area contributed by atoms with Gasteiger partial charge in [-0.1, -0.05) is 19.9 Å². The predicted molar refractivity (Wildman–Crippen MR) is 153 cm³/mol. The molecule has 0 spiro atoms. The van der Waals surface area contributed by atoms with E-state index in [1.807, 2.05) is 45.9 Å². The predicted octanol–water partition coefficient (Wildman–Crippen LogP) is 4.37. The summed E-state index contributed by atoms with van der Waals surface area (Å²) >= 11 is 0. The zero-order valence-electron chi connectivity index (χ0n) is 22.9. The highest BCUT2D eigenvalue weighted by Crippen LogP contribution is 2.42. The van der Waals surface area contributed by atoms with Gasteiger partial charge in [-0.2, -0.15) is 5.10 Å². The molecule has 2 aliphatic heterocycles. The van der Waals surface area contributed by atoms with Crippen LogP contribution in [0.5, 0.6) is 5.75 Å². The van der Waals surface area contributed by atoms with Gasteiger partial charge in [0.1, 0.15) is 18.1 Å². The van der Waals surface area contributed by atoms with E-state index in [-0.39, 0.29) is 29.0 Å². The van der Waals surface area contributed by atoms with E-state index in [1.54, 1.807) is 17.0 Å². The molecule has 0 aliphatic carbocycles. The minimum atomic E-state index is -0.471. The van der Waals surface area contributed by atoms with Crippen molar-refractivity contribution in [3.63, 3.8) is 0 Å². The highest BCUT2D eigenvalue weighted by molar-refractivity contribution is 5.99. The van der Waals surface area contributed by atoms with Crippen LogP contribution in [0.2, 0.25) is 0 Å². The number of halogens is 1. The highest BCUT2D eigenvalue weighted by atomic mass is 19.1. The molecule has 0 radical (unpaired) electrons. The molecule has 4 aromatic heterocycles. The summed E-state index contributed by atoms with van der Waals surface area (Å²) in [4.78, 5) is 26.2. The average Bonchev–Trinajstić information content (AvgIpc) is 3.42. The second-order valence-electron chi connectivity index (χ2n) is 11.0. The van der Waals surface area contributed by atoms with Crippen LogP contribution < -0.4 is 20.5 Å². The second-order valence-corrected chi connectivity index (χ2v) is 11.0. The molecule has 1 aromatic carbocycles. The number of aromatic amines is 1. The third-order valence-electron chi connectivity index (χ3n) is 8.09. The molecule has 1 fully saturated rings. The van der Waals surface area contributed by atoms with Crippen LogP contribution in [0.15, 0.2) is 41.5 Å². The Labute approximate surface area is 230 Å². The summed E-state index contributed by atoms with van der Waals surface area (Å²) in [7, 11) is 0. The Hall–Kier alpha value is -4.31. The van der Waals surface area contributed by atoms with Crippen molar-refractivity contribution in [2.45, 2.75) is 39.7 Å². The summed E-state index contributed by atoms with van der Waals surface area (Å²) in [5, 5.41) is 11.8. The summed E-state index contributed by atoms with van der Waals surface area (Å²) in [5.74, 6) is -0.209. The lowest BCUT2D eigenvalue weighted by Crippen LogP contribution is -2.56. The molecule has 9 nitrogen and oxygen atoms in total.